The summed E-state index contributed by atoms with van der Waals surface area (Å²) in [6.45, 7) is 8.90. The lowest BCUT2D eigenvalue weighted by Crippen LogP contribution is -2.48. The van der Waals surface area contributed by atoms with E-state index >= 15 is 0 Å². The fourth-order valence-corrected chi connectivity index (χ4v) is 3.69. The molecule has 1 N–H and O–H groups in total. The molecule has 0 radical (unpaired) electrons. The van der Waals surface area contributed by atoms with Crippen molar-refractivity contribution >= 4 is 5.91 Å². The van der Waals surface area contributed by atoms with Gasteiger partial charge in [-0.3, -0.25) is 9.69 Å². The number of amides is 1. The molecule has 1 unspecified atom stereocenters. The monoisotopic (exact) mass is 282 g/mol. The standard InChI is InChI=1S/C16H30N2O2/c1-3-7-16(2)8-4-9-18(13-16)12-15(19)17-14-5-10-20-11-6-14/h14H,3-13H2,1-2H3,(H,17,19). The van der Waals surface area contributed by atoms with Crippen molar-refractivity contribution in [2.45, 2.75) is 58.4 Å². The lowest BCUT2D eigenvalue weighted by atomic mass is 9.78. The molecule has 2 aliphatic heterocycles. The molecule has 2 aliphatic rings. The summed E-state index contributed by atoms with van der Waals surface area (Å²) < 4.78 is 5.32. The van der Waals surface area contributed by atoms with Crippen molar-refractivity contribution in [1.82, 2.24) is 10.2 Å². The molecule has 0 aromatic rings. The van der Waals surface area contributed by atoms with Crippen LogP contribution in [0.2, 0.25) is 0 Å². The Hall–Kier alpha value is -0.610. The van der Waals surface area contributed by atoms with Gasteiger partial charge in [0.15, 0.2) is 0 Å². The third-order valence-electron chi connectivity index (χ3n) is 4.67. The fraction of sp³-hybridized carbons (Fsp3) is 0.938. The molecule has 1 atom stereocenters. The Morgan fingerprint density at radius 2 is 2.15 bits per heavy atom. The quantitative estimate of drug-likeness (QED) is 0.840. The maximum absolute atomic E-state index is 12.2. The predicted octanol–water partition coefficient (Wildman–Crippen LogP) is 2.18. The summed E-state index contributed by atoms with van der Waals surface area (Å²) in [6.07, 6.45) is 6.95. The number of rotatable bonds is 5. The van der Waals surface area contributed by atoms with E-state index in [1.165, 1.54) is 25.7 Å². The number of likely N-dealkylation sites (tertiary alicyclic amines) is 1. The van der Waals surface area contributed by atoms with Crippen LogP contribution in [0.5, 0.6) is 0 Å². The molecule has 0 aliphatic carbocycles. The summed E-state index contributed by atoms with van der Waals surface area (Å²) >= 11 is 0. The van der Waals surface area contributed by atoms with E-state index < -0.39 is 0 Å². The Kier molecular flexibility index (Phi) is 5.85. The van der Waals surface area contributed by atoms with Crippen molar-refractivity contribution in [3.63, 3.8) is 0 Å². The van der Waals surface area contributed by atoms with Crippen LogP contribution in [0.1, 0.15) is 52.4 Å². The molecule has 4 nitrogen and oxygen atoms in total. The molecular formula is C16H30N2O2. The third-order valence-corrected chi connectivity index (χ3v) is 4.67. The molecule has 0 aromatic carbocycles. The molecule has 1 amide bonds. The Labute approximate surface area is 123 Å². The lowest BCUT2D eigenvalue weighted by molar-refractivity contribution is -0.124. The molecule has 2 saturated heterocycles. The van der Waals surface area contributed by atoms with Crippen molar-refractivity contribution < 1.29 is 9.53 Å². The van der Waals surface area contributed by atoms with E-state index in [2.05, 4.69) is 24.1 Å². The number of hydrogen-bond acceptors (Lipinski definition) is 3. The van der Waals surface area contributed by atoms with Crippen LogP contribution >= 0.6 is 0 Å². The van der Waals surface area contributed by atoms with Gasteiger partial charge in [-0.25, -0.2) is 0 Å². The minimum atomic E-state index is 0.192. The Balaban J connectivity index is 1.75. The molecule has 2 fully saturated rings. The van der Waals surface area contributed by atoms with Gasteiger partial charge in [-0.2, -0.15) is 0 Å². The summed E-state index contributed by atoms with van der Waals surface area (Å²) in [7, 11) is 0. The second kappa shape index (κ2) is 7.41. The molecule has 0 spiro atoms. The van der Waals surface area contributed by atoms with Crippen LogP contribution in [0.15, 0.2) is 0 Å². The zero-order valence-corrected chi connectivity index (χ0v) is 13.1. The molecule has 4 heteroatoms. The highest BCUT2D eigenvalue weighted by molar-refractivity contribution is 5.78. The highest BCUT2D eigenvalue weighted by Crippen LogP contribution is 2.33. The van der Waals surface area contributed by atoms with Crippen molar-refractivity contribution in [1.29, 1.82) is 0 Å². The topological polar surface area (TPSA) is 41.6 Å². The second-order valence-corrected chi connectivity index (χ2v) is 6.83. The van der Waals surface area contributed by atoms with Crippen LogP contribution < -0.4 is 5.32 Å². The second-order valence-electron chi connectivity index (χ2n) is 6.83. The first-order valence-corrected chi connectivity index (χ1v) is 8.21. The van der Waals surface area contributed by atoms with Crippen molar-refractivity contribution in [3.8, 4) is 0 Å². The molecule has 20 heavy (non-hydrogen) atoms. The lowest BCUT2D eigenvalue weighted by Gasteiger charge is -2.40. The van der Waals surface area contributed by atoms with E-state index in [0.29, 0.717) is 18.0 Å². The molecular weight excluding hydrogens is 252 g/mol. The molecule has 0 bridgehead atoms. The van der Waals surface area contributed by atoms with Gasteiger partial charge in [0.05, 0.1) is 6.54 Å². The van der Waals surface area contributed by atoms with Crippen molar-refractivity contribution in [3.05, 3.63) is 0 Å². The van der Waals surface area contributed by atoms with Gasteiger partial charge in [-0.05, 0) is 44.1 Å². The third kappa shape index (κ3) is 4.74. The van der Waals surface area contributed by atoms with Crippen LogP contribution in [0, 0.1) is 5.41 Å². The predicted molar refractivity (Wildman–Crippen MR) is 80.7 cm³/mol. The number of piperidine rings is 1. The highest BCUT2D eigenvalue weighted by Gasteiger charge is 2.31. The van der Waals surface area contributed by atoms with Gasteiger partial charge in [0.25, 0.3) is 0 Å². The number of ether oxygens (including phenoxy) is 1. The van der Waals surface area contributed by atoms with E-state index in [0.717, 1.165) is 39.1 Å². The summed E-state index contributed by atoms with van der Waals surface area (Å²) in [5.74, 6) is 0.192. The number of carbonyl (C=O) groups excluding carboxylic acids is 1. The average molecular weight is 282 g/mol. The van der Waals surface area contributed by atoms with Gasteiger partial charge in [0, 0.05) is 25.8 Å². The summed E-state index contributed by atoms with van der Waals surface area (Å²) in [6, 6.07) is 0.322. The van der Waals surface area contributed by atoms with Gasteiger partial charge >= 0.3 is 0 Å². The summed E-state index contributed by atoms with van der Waals surface area (Å²) in [5.41, 5.74) is 0.409. The first-order chi connectivity index (χ1) is 9.61. The first kappa shape index (κ1) is 15.8. The number of nitrogens with one attached hydrogen (secondary N) is 1. The van der Waals surface area contributed by atoms with Crippen molar-refractivity contribution in [2.24, 2.45) is 5.41 Å². The minimum absolute atomic E-state index is 0.192. The SMILES string of the molecule is CCCC1(C)CCCN(CC(=O)NC2CCOCC2)C1. The maximum atomic E-state index is 12.2. The van der Waals surface area contributed by atoms with Gasteiger partial charge in [0.2, 0.25) is 5.91 Å². The van der Waals surface area contributed by atoms with Crippen LogP contribution in [0.4, 0.5) is 0 Å². The van der Waals surface area contributed by atoms with Crippen LogP contribution in [0.3, 0.4) is 0 Å². The van der Waals surface area contributed by atoms with Crippen molar-refractivity contribution in [2.75, 3.05) is 32.8 Å². The van der Waals surface area contributed by atoms with E-state index in [4.69, 9.17) is 4.74 Å². The van der Waals surface area contributed by atoms with Gasteiger partial charge < -0.3 is 10.1 Å². The largest absolute Gasteiger partial charge is 0.381 e. The van der Waals surface area contributed by atoms with Gasteiger partial charge in [-0.1, -0.05) is 20.3 Å². The van der Waals surface area contributed by atoms with E-state index in [1.807, 2.05) is 0 Å². The molecule has 116 valence electrons. The average Bonchev–Trinajstić information content (AvgIpc) is 2.39. The fourth-order valence-electron chi connectivity index (χ4n) is 3.69. The first-order valence-electron chi connectivity index (χ1n) is 8.21. The molecule has 0 saturated carbocycles. The van der Waals surface area contributed by atoms with Gasteiger partial charge in [0.1, 0.15) is 0 Å². The molecule has 2 heterocycles. The molecule has 0 aromatic heterocycles. The number of hydrogen-bond donors (Lipinski definition) is 1. The van der Waals surface area contributed by atoms with Crippen LogP contribution in [-0.4, -0.2) is 49.7 Å². The summed E-state index contributed by atoms with van der Waals surface area (Å²) in [4.78, 5) is 14.5. The Morgan fingerprint density at radius 3 is 2.85 bits per heavy atom. The smallest absolute Gasteiger partial charge is 0.234 e. The van der Waals surface area contributed by atoms with E-state index in [9.17, 15) is 4.79 Å². The number of nitrogens with zero attached hydrogens (tertiary/aromatic N) is 1. The Bertz CT molecular complexity index is 312. The Morgan fingerprint density at radius 1 is 1.40 bits per heavy atom. The van der Waals surface area contributed by atoms with E-state index in [1.54, 1.807) is 0 Å². The van der Waals surface area contributed by atoms with Gasteiger partial charge in [-0.15, -0.1) is 0 Å². The maximum Gasteiger partial charge on any atom is 0.234 e. The minimum Gasteiger partial charge on any atom is -0.381 e. The summed E-state index contributed by atoms with van der Waals surface area (Å²) in [5, 5.41) is 3.16. The zero-order valence-electron chi connectivity index (χ0n) is 13.1. The van der Waals surface area contributed by atoms with E-state index in [-0.39, 0.29) is 5.91 Å². The van der Waals surface area contributed by atoms with Crippen LogP contribution in [-0.2, 0) is 9.53 Å². The molecule has 2 rings (SSSR count). The van der Waals surface area contributed by atoms with Crippen LogP contribution in [0.25, 0.3) is 0 Å². The number of carbonyl (C=O) groups is 1. The normalized spacial score (nSPS) is 29.3. The zero-order chi connectivity index (χ0) is 14.4. The highest BCUT2D eigenvalue weighted by atomic mass is 16.5.